The van der Waals surface area contributed by atoms with Gasteiger partial charge >= 0.3 is 11.7 Å². The second-order valence-corrected chi connectivity index (χ2v) is 9.12. The van der Waals surface area contributed by atoms with Crippen LogP contribution in [-0.2, 0) is 23.6 Å². The Morgan fingerprint density at radius 2 is 1.40 bits per heavy atom. The predicted molar refractivity (Wildman–Crippen MR) is 152 cm³/mol. The maximum Gasteiger partial charge on any atom is 0.351 e. The summed E-state index contributed by atoms with van der Waals surface area (Å²) in [6, 6.07) is 0. The van der Waals surface area contributed by atoms with Crippen LogP contribution in [0.5, 0.6) is 0 Å². The average molecular weight is 618 g/mol. The molecule has 5 N–H and O–H groups in total. The van der Waals surface area contributed by atoms with Gasteiger partial charge in [0.05, 0.1) is 36.5 Å². The molecule has 0 fully saturated rings. The number of nitrogens with one attached hydrogen (secondary N) is 1. The minimum absolute atomic E-state index is 0.00994. The van der Waals surface area contributed by atoms with E-state index in [1.54, 1.807) is 20.9 Å². The van der Waals surface area contributed by atoms with E-state index >= 15 is 0 Å². The van der Waals surface area contributed by atoms with Crippen LogP contribution in [-0.4, -0.2) is 79.2 Å². The molecule has 5 rings (SSSR count). The number of aromatic amines is 1. The van der Waals surface area contributed by atoms with Crippen molar-refractivity contribution in [3.05, 3.63) is 45.4 Å². The van der Waals surface area contributed by atoms with Crippen LogP contribution in [0.4, 0.5) is 34.6 Å². The van der Waals surface area contributed by atoms with E-state index in [0.29, 0.717) is 5.69 Å². The summed E-state index contributed by atoms with van der Waals surface area (Å²) in [5.74, 6) is -1.95. The monoisotopic (exact) mass is 617 g/mol. The number of nitrogens with zero attached hydrogens (tertiary/aromatic N) is 14. The van der Waals surface area contributed by atoms with Gasteiger partial charge in [0.2, 0.25) is 11.7 Å². The lowest BCUT2D eigenvalue weighted by atomic mass is 10.2. The highest BCUT2D eigenvalue weighted by molar-refractivity contribution is 6.34. The van der Waals surface area contributed by atoms with Crippen LogP contribution in [0.25, 0.3) is 11.9 Å². The number of ketones is 1. The quantitative estimate of drug-likeness (QED) is 0.0678. The number of Topliss-reactive ketones (excluding diaryl/α,β-unsaturated/α-hetero) is 1. The largest absolute Gasteiger partial charge is 0.465 e. The van der Waals surface area contributed by atoms with Gasteiger partial charge in [-0.1, -0.05) is 0 Å². The molecule has 0 saturated carbocycles. The highest BCUT2D eigenvalue weighted by atomic mass is 16.5. The maximum atomic E-state index is 12.6. The standard InChI is InChI=1S/C23H23N17O5/c1-9-14(31-33-18-11(13(42)8-41)6-26-37(18)3)16(24)39(35-9)21-28-22(30-23(44)29-21)40-17(25)15(10(2)36-40)32-34-19-12(20(43)45-5)7-27-38(19)4/h6-8H,24-25H2,1-5H3,(H,28,29,30,44). The molecule has 0 saturated heterocycles. The van der Waals surface area contributed by atoms with Crippen LogP contribution in [0, 0.1) is 13.8 Å². The molecule has 0 unspecified atom stereocenters. The van der Waals surface area contributed by atoms with Gasteiger partial charge in [-0.05, 0) is 13.8 Å². The Morgan fingerprint density at radius 3 is 1.98 bits per heavy atom. The van der Waals surface area contributed by atoms with Crippen molar-refractivity contribution in [2.45, 2.75) is 13.8 Å². The molecule has 5 aromatic rings. The highest BCUT2D eigenvalue weighted by Gasteiger charge is 2.22. The smallest absolute Gasteiger partial charge is 0.351 e. The lowest BCUT2D eigenvalue weighted by Gasteiger charge is -2.06. The summed E-state index contributed by atoms with van der Waals surface area (Å²) in [5, 5.41) is 32.8. The fourth-order valence-corrected chi connectivity index (χ4v) is 3.98. The average Bonchev–Trinajstić information content (AvgIpc) is 3.73. The molecule has 22 nitrogen and oxygen atoms in total. The van der Waals surface area contributed by atoms with Crippen LogP contribution in [0.3, 0.4) is 0 Å². The fourth-order valence-electron chi connectivity index (χ4n) is 3.98. The van der Waals surface area contributed by atoms with Crippen molar-refractivity contribution < 1.29 is 19.1 Å². The first-order valence-electron chi connectivity index (χ1n) is 12.6. The van der Waals surface area contributed by atoms with Gasteiger partial charge in [0, 0.05) is 14.1 Å². The normalized spacial score (nSPS) is 11.6. The van der Waals surface area contributed by atoms with Crippen molar-refractivity contribution in [3.8, 4) is 11.9 Å². The number of anilines is 2. The van der Waals surface area contributed by atoms with Crippen molar-refractivity contribution in [1.29, 1.82) is 0 Å². The van der Waals surface area contributed by atoms with E-state index < -0.39 is 17.4 Å². The number of carbonyl (C=O) groups is 3. The number of H-pyrrole nitrogens is 1. The van der Waals surface area contributed by atoms with Crippen LogP contribution in [0.2, 0.25) is 0 Å². The number of methoxy groups -OCH3 is 1. The summed E-state index contributed by atoms with van der Waals surface area (Å²) < 4.78 is 9.47. The Balaban J connectivity index is 1.51. The Morgan fingerprint density at radius 1 is 0.867 bits per heavy atom. The number of esters is 1. The minimum atomic E-state index is -0.842. The van der Waals surface area contributed by atoms with Gasteiger partial charge in [-0.15, -0.1) is 20.5 Å². The van der Waals surface area contributed by atoms with Crippen molar-refractivity contribution in [1.82, 2.24) is 54.1 Å². The number of ether oxygens (including phenoxy) is 1. The molecule has 0 aliphatic carbocycles. The minimum Gasteiger partial charge on any atom is -0.465 e. The third kappa shape index (κ3) is 5.33. The zero-order valence-corrected chi connectivity index (χ0v) is 24.2. The summed E-state index contributed by atoms with van der Waals surface area (Å²) >= 11 is 0. The maximum absolute atomic E-state index is 12.6. The van der Waals surface area contributed by atoms with E-state index in [1.807, 2.05) is 0 Å². The number of aldehydes is 1. The molecule has 0 spiro atoms. The molecule has 5 heterocycles. The predicted octanol–water partition coefficient (Wildman–Crippen LogP) is 0.784. The van der Waals surface area contributed by atoms with Gasteiger partial charge in [0.15, 0.2) is 40.9 Å². The SMILES string of the molecule is COC(=O)c1cnn(C)c1N=Nc1c(C)nn(-c2nc(-n3nc(C)c(N=Nc4c(C(=O)C=O)cnn4C)c3N)nc(=O)[nH]2)c1N. The molecule has 0 aliphatic heterocycles. The third-order valence-electron chi connectivity index (χ3n) is 6.23. The van der Waals surface area contributed by atoms with E-state index in [4.69, 9.17) is 16.2 Å². The van der Waals surface area contributed by atoms with Crippen molar-refractivity contribution >= 4 is 52.7 Å². The van der Waals surface area contributed by atoms with E-state index in [-0.39, 0.29) is 69.6 Å². The first kappa shape index (κ1) is 29.7. The molecular weight excluding hydrogens is 594 g/mol. The number of nitrogens with two attached hydrogens (primary N) is 2. The van der Waals surface area contributed by atoms with E-state index in [0.717, 1.165) is 9.36 Å². The summed E-state index contributed by atoms with van der Waals surface area (Å²) in [7, 11) is 4.30. The third-order valence-corrected chi connectivity index (χ3v) is 6.23. The molecule has 0 amide bonds. The second-order valence-electron chi connectivity index (χ2n) is 9.12. The lowest BCUT2D eigenvalue weighted by Crippen LogP contribution is -2.22. The van der Waals surface area contributed by atoms with Crippen LogP contribution >= 0.6 is 0 Å². The highest BCUT2D eigenvalue weighted by Crippen LogP contribution is 2.32. The van der Waals surface area contributed by atoms with Gasteiger partial charge < -0.3 is 16.2 Å². The van der Waals surface area contributed by atoms with Crippen molar-refractivity contribution in [2.75, 3.05) is 18.6 Å². The Bertz CT molecular complexity index is 2110. The number of carbonyl (C=O) groups excluding carboxylic acids is 3. The van der Waals surface area contributed by atoms with E-state index in [1.165, 1.54) is 35.9 Å². The van der Waals surface area contributed by atoms with Gasteiger partial charge in [-0.3, -0.25) is 14.6 Å². The first-order valence-corrected chi connectivity index (χ1v) is 12.6. The Hall–Kier alpha value is -6.74. The van der Waals surface area contributed by atoms with Gasteiger partial charge in [-0.2, -0.15) is 39.7 Å². The molecule has 45 heavy (non-hydrogen) atoms. The molecule has 0 bridgehead atoms. The zero-order valence-electron chi connectivity index (χ0n) is 24.2. The van der Waals surface area contributed by atoms with E-state index in [2.05, 4.69) is 55.8 Å². The number of aromatic nitrogens is 11. The number of rotatable bonds is 9. The number of hydrogen-bond acceptors (Lipinski definition) is 17. The summed E-state index contributed by atoms with van der Waals surface area (Å²) in [4.78, 5) is 58.1. The van der Waals surface area contributed by atoms with E-state index in [9.17, 15) is 19.2 Å². The molecule has 230 valence electrons. The summed E-state index contributed by atoms with van der Waals surface area (Å²) in [6.07, 6.45) is 2.61. The number of nitrogen functional groups attached to an aromatic ring is 2. The summed E-state index contributed by atoms with van der Waals surface area (Å²) in [6.45, 7) is 3.16. The number of azo groups is 2. The fraction of sp³-hybridized carbons (Fsp3) is 0.217. The molecule has 5 aromatic heterocycles. The molecule has 0 atom stereocenters. The van der Waals surface area contributed by atoms with Crippen LogP contribution < -0.4 is 17.2 Å². The van der Waals surface area contributed by atoms with Crippen LogP contribution in [0.15, 0.2) is 37.6 Å². The van der Waals surface area contributed by atoms with Crippen molar-refractivity contribution in [3.63, 3.8) is 0 Å². The topological polar surface area (TPSA) is 292 Å². The number of hydrogen-bond donors (Lipinski definition) is 3. The molecule has 0 radical (unpaired) electrons. The van der Waals surface area contributed by atoms with Gasteiger partial charge in [0.25, 0.3) is 5.95 Å². The Labute approximate surface area is 250 Å². The number of aryl methyl sites for hydroxylation is 4. The summed E-state index contributed by atoms with van der Waals surface area (Å²) in [5.41, 5.74) is 12.5. The second kappa shape index (κ2) is 11.5. The molecule has 22 heteroatoms. The lowest BCUT2D eigenvalue weighted by molar-refractivity contribution is -0.104. The molecule has 0 aromatic carbocycles. The van der Waals surface area contributed by atoms with Gasteiger partial charge in [0.1, 0.15) is 5.56 Å². The van der Waals surface area contributed by atoms with Crippen molar-refractivity contribution in [2.24, 2.45) is 34.6 Å². The zero-order chi connectivity index (χ0) is 32.6. The first-order chi connectivity index (χ1) is 21.4. The molecular formula is C23H23N17O5. The van der Waals surface area contributed by atoms with Gasteiger partial charge in [-0.25, -0.2) is 19.0 Å². The van der Waals surface area contributed by atoms with Crippen LogP contribution in [0.1, 0.15) is 32.1 Å². The molecule has 0 aliphatic rings. The Kier molecular flexibility index (Phi) is 7.60.